The lowest BCUT2D eigenvalue weighted by Gasteiger charge is -2.07. The molecule has 0 saturated heterocycles. The predicted molar refractivity (Wildman–Crippen MR) is 64.4 cm³/mol. The van der Waals surface area contributed by atoms with Crippen LogP contribution in [0.15, 0.2) is 18.2 Å². The van der Waals surface area contributed by atoms with Gasteiger partial charge < -0.3 is 4.90 Å². The first-order valence-corrected chi connectivity index (χ1v) is 6.15. The van der Waals surface area contributed by atoms with E-state index in [0.717, 1.165) is 15.8 Å². The molecular weight excluding hydrogens is 223 g/mol. The SMILES string of the molecule is CN(C)C1CC1c1nsc2cc(F)ccc12. The summed E-state index contributed by atoms with van der Waals surface area (Å²) in [5.74, 6) is 0.358. The summed E-state index contributed by atoms with van der Waals surface area (Å²) in [6, 6.07) is 5.56. The molecule has 0 N–H and O–H groups in total. The van der Waals surface area contributed by atoms with Crippen LogP contribution < -0.4 is 0 Å². The van der Waals surface area contributed by atoms with E-state index in [9.17, 15) is 4.39 Å². The van der Waals surface area contributed by atoms with Crippen LogP contribution in [0.25, 0.3) is 10.1 Å². The molecule has 2 atom stereocenters. The fraction of sp³-hybridized carbons (Fsp3) is 0.417. The number of hydrogen-bond acceptors (Lipinski definition) is 3. The van der Waals surface area contributed by atoms with Crippen molar-refractivity contribution >= 4 is 21.6 Å². The van der Waals surface area contributed by atoms with Crippen molar-refractivity contribution in [3.8, 4) is 0 Å². The summed E-state index contributed by atoms with van der Waals surface area (Å²) < 4.78 is 18.5. The van der Waals surface area contributed by atoms with Gasteiger partial charge >= 0.3 is 0 Å². The average Bonchev–Trinajstić information content (AvgIpc) is 2.93. The van der Waals surface area contributed by atoms with Crippen LogP contribution >= 0.6 is 11.5 Å². The molecule has 16 heavy (non-hydrogen) atoms. The Morgan fingerprint density at radius 1 is 1.44 bits per heavy atom. The van der Waals surface area contributed by atoms with Crippen LogP contribution in [0.1, 0.15) is 18.0 Å². The second-order valence-corrected chi connectivity index (χ2v) is 5.39. The molecule has 0 spiro atoms. The highest BCUT2D eigenvalue weighted by atomic mass is 32.1. The lowest BCUT2D eigenvalue weighted by Crippen LogP contribution is -2.15. The minimum atomic E-state index is -0.178. The van der Waals surface area contributed by atoms with Crippen molar-refractivity contribution in [2.45, 2.75) is 18.4 Å². The molecule has 1 aromatic heterocycles. The Hall–Kier alpha value is -1.00. The van der Waals surface area contributed by atoms with Gasteiger partial charge in [0, 0.05) is 17.3 Å². The molecule has 1 aliphatic rings. The first kappa shape index (κ1) is 10.2. The van der Waals surface area contributed by atoms with E-state index in [1.54, 1.807) is 6.07 Å². The minimum absolute atomic E-state index is 0.178. The van der Waals surface area contributed by atoms with Crippen LogP contribution in [0.4, 0.5) is 4.39 Å². The van der Waals surface area contributed by atoms with Crippen LogP contribution in [0, 0.1) is 5.82 Å². The summed E-state index contributed by atoms with van der Waals surface area (Å²) in [4.78, 5) is 2.24. The zero-order valence-corrected chi connectivity index (χ0v) is 10.1. The van der Waals surface area contributed by atoms with Gasteiger partial charge in [-0.2, -0.15) is 4.37 Å². The second-order valence-electron chi connectivity index (χ2n) is 4.58. The Balaban J connectivity index is 2.00. The van der Waals surface area contributed by atoms with Crippen molar-refractivity contribution in [1.82, 2.24) is 9.27 Å². The molecule has 2 unspecified atom stereocenters. The van der Waals surface area contributed by atoms with E-state index < -0.39 is 0 Å². The molecule has 1 saturated carbocycles. The van der Waals surface area contributed by atoms with Gasteiger partial charge in [0.05, 0.1) is 10.4 Å². The normalized spacial score (nSPS) is 24.2. The van der Waals surface area contributed by atoms with Gasteiger partial charge in [-0.25, -0.2) is 4.39 Å². The van der Waals surface area contributed by atoms with Gasteiger partial charge in [-0.15, -0.1) is 0 Å². The van der Waals surface area contributed by atoms with Crippen molar-refractivity contribution in [2.24, 2.45) is 0 Å². The number of halogens is 1. The third-order valence-electron chi connectivity index (χ3n) is 3.23. The zero-order valence-electron chi connectivity index (χ0n) is 9.27. The Kier molecular flexibility index (Phi) is 2.23. The third kappa shape index (κ3) is 1.53. The highest BCUT2D eigenvalue weighted by Crippen LogP contribution is 2.46. The quantitative estimate of drug-likeness (QED) is 0.797. The standard InChI is InChI=1S/C12H13FN2S/c1-15(2)10-6-9(10)12-8-4-3-7(13)5-11(8)16-14-12/h3-5,9-10H,6H2,1-2H3. The summed E-state index contributed by atoms with van der Waals surface area (Å²) in [6.45, 7) is 0. The van der Waals surface area contributed by atoms with E-state index in [0.29, 0.717) is 12.0 Å². The molecule has 1 aromatic carbocycles. The highest BCUT2D eigenvalue weighted by molar-refractivity contribution is 7.13. The highest BCUT2D eigenvalue weighted by Gasteiger charge is 2.42. The van der Waals surface area contributed by atoms with E-state index in [1.807, 2.05) is 6.07 Å². The predicted octanol–water partition coefficient (Wildman–Crippen LogP) is 2.85. The third-order valence-corrected chi connectivity index (χ3v) is 4.06. The molecule has 0 amide bonds. The largest absolute Gasteiger partial charge is 0.306 e. The molecule has 1 heterocycles. The number of hydrogen-bond donors (Lipinski definition) is 0. The van der Waals surface area contributed by atoms with E-state index in [1.165, 1.54) is 24.0 Å². The summed E-state index contributed by atoms with van der Waals surface area (Å²) in [5.41, 5.74) is 1.15. The fourth-order valence-electron chi connectivity index (χ4n) is 2.24. The molecule has 1 fully saturated rings. The van der Waals surface area contributed by atoms with Gasteiger partial charge in [0.1, 0.15) is 5.82 Å². The number of fused-ring (bicyclic) bond motifs is 1. The van der Waals surface area contributed by atoms with Crippen LogP contribution in [0.5, 0.6) is 0 Å². The molecule has 4 heteroatoms. The Morgan fingerprint density at radius 2 is 2.25 bits per heavy atom. The summed E-state index contributed by atoms with van der Waals surface area (Å²) in [6.07, 6.45) is 1.17. The van der Waals surface area contributed by atoms with Crippen molar-refractivity contribution < 1.29 is 4.39 Å². The number of benzene rings is 1. The molecular formula is C12H13FN2S. The molecule has 2 aromatic rings. The Labute approximate surface area is 97.9 Å². The molecule has 0 aliphatic heterocycles. The van der Waals surface area contributed by atoms with E-state index >= 15 is 0 Å². The van der Waals surface area contributed by atoms with Crippen molar-refractivity contribution in [1.29, 1.82) is 0 Å². The molecule has 1 aliphatic carbocycles. The van der Waals surface area contributed by atoms with E-state index in [2.05, 4.69) is 23.4 Å². The van der Waals surface area contributed by atoms with Gasteiger partial charge in [-0.05, 0) is 50.2 Å². The zero-order chi connectivity index (χ0) is 11.3. The number of nitrogens with zero attached hydrogens (tertiary/aromatic N) is 2. The second kappa shape index (κ2) is 3.50. The van der Waals surface area contributed by atoms with Crippen LogP contribution in [0.2, 0.25) is 0 Å². The molecule has 0 bridgehead atoms. The maximum Gasteiger partial charge on any atom is 0.124 e. The van der Waals surface area contributed by atoms with Gasteiger partial charge in [-0.3, -0.25) is 0 Å². The molecule has 0 radical (unpaired) electrons. The summed E-state index contributed by atoms with van der Waals surface area (Å²) in [7, 11) is 4.19. The smallest absolute Gasteiger partial charge is 0.124 e. The fourth-order valence-corrected chi connectivity index (χ4v) is 3.11. The number of likely N-dealkylation sites (N-methyl/N-ethyl adjacent to an activating group) is 1. The van der Waals surface area contributed by atoms with Gasteiger partial charge in [-0.1, -0.05) is 0 Å². The van der Waals surface area contributed by atoms with Crippen LogP contribution in [0.3, 0.4) is 0 Å². The maximum absolute atomic E-state index is 13.0. The topological polar surface area (TPSA) is 16.1 Å². The summed E-state index contributed by atoms with van der Waals surface area (Å²) >= 11 is 1.40. The Morgan fingerprint density at radius 3 is 2.94 bits per heavy atom. The minimum Gasteiger partial charge on any atom is -0.306 e. The van der Waals surface area contributed by atoms with Crippen molar-refractivity contribution in [2.75, 3.05) is 14.1 Å². The Bertz CT molecular complexity index is 535. The lowest BCUT2D eigenvalue weighted by molar-refractivity contribution is 0.391. The molecule has 2 nitrogen and oxygen atoms in total. The molecule has 84 valence electrons. The molecule has 3 rings (SSSR count). The van der Waals surface area contributed by atoms with Crippen molar-refractivity contribution in [3.05, 3.63) is 29.7 Å². The van der Waals surface area contributed by atoms with E-state index in [4.69, 9.17) is 0 Å². The van der Waals surface area contributed by atoms with E-state index in [-0.39, 0.29) is 5.82 Å². The summed E-state index contributed by atoms with van der Waals surface area (Å²) in [5, 5.41) is 1.13. The maximum atomic E-state index is 13.0. The van der Waals surface area contributed by atoms with Crippen molar-refractivity contribution in [3.63, 3.8) is 0 Å². The lowest BCUT2D eigenvalue weighted by atomic mass is 10.1. The van der Waals surface area contributed by atoms with Crippen LogP contribution in [-0.2, 0) is 0 Å². The first-order valence-electron chi connectivity index (χ1n) is 5.38. The number of aromatic nitrogens is 1. The monoisotopic (exact) mass is 236 g/mol. The average molecular weight is 236 g/mol. The van der Waals surface area contributed by atoms with Crippen LogP contribution in [-0.4, -0.2) is 29.4 Å². The van der Waals surface area contributed by atoms with Gasteiger partial charge in [0.15, 0.2) is 0 Å². The number of rotatable bonds is 2. The first-order chi connectivity index (χ1) is 7.66. The van der Waals surface area contributed by atoms with Gasteiger partial charge in [0.25, 0.3) is 0 Å². The van der Waals surface area contributed by atoms with Gasteiger partial charge in [0.2, 0.25) is 0 Å².